The van der Waals surface area contributed by atoms with E-state index >= 15 is 0 Å². The minimum absolute atomic E-state index is 0.425. The lowest BCUT2D eigenvalue weighted by molar-refractivity contribution is -0.117. The summed E-state index contributed by atoms with van der Waals surface area (Å²) < 4.78 is 2.21. The highest BCUT2D eigenvalue weighted by atomic mass is 16.1. The molecule has 1 aliphatic carbocycles. The number of carbonyl (C=O) groups is 1. The highest BCUT2D eigenvalue weighted by molar-refractivity contribution is 5.80. The molecule has 3 nitrogen and oxygen atoms in total. The van der Waals surface area contributed by atoms with E-state index in [4.69, 9.17) is 0 Å². The SMILES string of the molecule is CCCn1ccnc1CC1CCC(=O)C1. The quantitative estimate of drug-likeness (QED) is 0.757. The maximum Gasteiger partial charge on any atom is 0.133 e. The lowest BCUT2D eigenvalue weighted by Gasteiger charge is -2.09. The largest absolute Gasteiger partial charge is 0.335 e. The van der Waals surface area contributed by atoms with Gasteiger partial charge < -0.3 is 4.57 Å². The van der Waals surface area contributed by atoms with E-state index < -0.39 is 0 Å². The van der Waals surface area contributed by atoms with Crippen molar-refractivity contribution in [2.24, 2.45) is 5.92 Å². The maximum absolute atomic E-state index is 11.2. The zero-order valence-electron chi connectivity index (χ0n) is 9.28. The number of imidazole rings is 1. The van der Waals surface area contributed by atoms with Crippen LogP contribution in [0.1, 0.15) is 38.4 Å². The van der Waals surface area contributed by atoms with Crippen LogP contribution in [-0.2, 0) is 17.8 Å². The van der Waals surface area contributed by atoms with Crippen LogP contribution >= 0.6 is 0 Å². The third kappa shape index (κ3) is 2.46. The zero-order chi connectivity index (χ0) is 10.7. The van der Waals surface area contributed by atoms with Crippen LogP contribution in [0.5, 0.6) is 0 Å². The van der Waals surface area contributed by atoms with Gasteiger partial charge in [0.05, 0.1) is 0 Å². The van der Waals surface area contributed by atoms with Crippen molar-refractivity contribution in [1.82, 2.24) is 9.55 Å². The molecule has 0 aromatic carbocycles. The Bertz CT molecular complexity index is 343. The molecule has 0 bridgehead atoms. The van der Waals surface area contributed by atoms with Gasteiger partial charge in [-0.05, 0) is 18.8 Å². The highest BCUT2D eigenvalue weighted by Crippen LogP contribution is 2.25. The summed E-state index contributed by atoms with van der Waals surface area (Å²) in [5.74, 6) is 2.11. The van der Waals surface area contributed by atoms with Crippen molar-refractivity contribution in [3.63, 3.8) is 0 Å². The second-order valence-electron chi connectivity index (χ2n) is 4.39. The Kier molecular flexibility index (Phi) is 3.19. The molecule has 1 fully saturated rings. The number of Topliss-reactive ketones (excluding diaryl/α,β-unsaturated/α-hetero) is 1. The van der Waals surface area contributed by atoms with Gasteiger partial charge in [0, 0.05) is 38.2 Å². The van der Waals surface area contributed by atoms with Crippen molar-refractivity contribution in [2.75, 3.05) is 0 Å². The fourth-order valence-electron chi connectivity index (χ4n) is 2.30. The molecule has 3 heteroatoms. The van der Waals surface area contributed by atoms with E-state index in [1.54, 1.807) is 0 Å². The van der Waals surface area contributed by atoms with Crippen LogP contribution in [0.2, 0.25) is 0 Å². The highest BCUT2D eigenvalue weighted by Gasteiger charge is 2.23. The van der Waals surface area contributed by atoms with Crippen LogP contribution in [0.3, 0.4) is 0 Å². The Labute approximate surface area is 90.5 Å². The summed E-state index contributed by atoms with van der Waals surface area (Å²) >= 11 is 0. The number of ketones is 1. The maximum atomic E-state index is 11.2. The third-order valence-corrected chi connectivity index (χ3v) is 3.09. The Morgan fingerprint density at radius 3 is 3.13 bits per heavy atom. The van der Waals surface area contributed by atoms with Crippen molar-refractivity contribution in [1.29, 1.82) is 0 Å². The van der Waals surface area contributed by atoms with E-state index in [-0.39, 0.29) is 0 Å². The van der Waals surface area contributed by atoms with Gasteiger partial charge in [-0.3, -0.25) is 4.79 Å². The summed E-state index contributed by atoms with van der Waals surface area (Å²) in [6, 6.07) is 0. The smallest absolute Gasteiger partial charge is 0.133 e. The Morgan fingerprint density at radius 1 is 1.60 bits per heavy atom. The van der Waals surface area contributed by atoms with E-state index in [0.29, 0.717) is 11.7 Å². The van der Waals surface area contributed by atoms with E-state index in [1.807, 2.05) is 12.4 Å². The Hall–Kier alpha value is -1.12. The van der Waals surface area contributed by atoms with Crippen molar-refractivity contribution < 1.29 is 4.79 Å². The fourth-order valence-corrected chi connectivity index (χ4v) is 2.30. The number of hydrogen-bond acceptors (Lipinski definition) is 2. The molecule has 1 aromatic rings. The predicted octanol–water partition coefficient (Wildman–Crippen LogP) is 2.20. The number of hydrogen-bond donors (Lipinski definition) is 0. The van der Waals surface area contributed by atoms with E-state index in [1.165, 1.54) is 0 Å². The Morgan fingerprint density at radius 2 is 2.47 bits per heavy atom. The zero-order valence-corrected chi connectivity index (χ0v) is 9.28. The van der Waals surface area contributed by atoms with Crippen LogP contribution in [0.4, 0.5) is 0 Å². The molecule has 0 N–H and O–H groups in total. The van der Waals surface area contributed by atoms with Gasteiger partial charge in [-0.15, -0.1) is 0 Å². The summed E-state index contributed by atoms with van der Waals surface area (Å²) in [5, 5.41) is 0. The lowest BCUT2D eigenvalue weighted by Crippen LogP contribution is -2.08. The minimum Gasteiger partial charge on any atom is -0.335 e. The number of nitrogens with zero attached hydrogens (tertiary/aromatic N) is 2. The number of carbonyl (C=O) groups excluding carboxylic acids is 1. The van der Waals surface area contributed by atoms with Crippen LogP contribution < -0.4 is 0 Å². The second-order valence-corrected chi connectivity index (χ2v) is 4.39. The van der Waals surface area contributed by atoms with Crippen LogP contribution in [0.25, 0.3) is 0 Å². The van der Waals surface area contributed by atoms with E-state index in [2.05, 4.69) is 16.5 Å². The van der Waals surface area contributed by atoms with Gasteiger partial charge in [0.15, 0.2) is 0 Å². The summed E-state index contributed by atoms with van der Waals surface area (Å²) in [6.45, 7) is 3.21. The van der Waals surface area contributed by atoms with Gasteiger partial charge in [-0.25, -0.2) is 4.98 Å². The molecule has 0 spiro atoms. The molecule has 1 aromatic heterocycles. The summed E-state index contributed by atoms with van der Waals surface area (Å²) in [7, 11) is 0. The van der Waals surface area contributed by atoms with Crippen molar-refractivity contribution in [3.05, 3.63) is 18.2 Å². The molecule has 82 valence electrons. The number of aryl methyl sites for hydroxylation is 1. The van der Waals surface area contributed by atoms with Gasteiger partial charge >= 0.3 is 0 Å². The first kappa shape index (κ1) is 10.4. The molecule has 1 heterocycles. The van der Waals surface area contributed by atoms with Crippen LogP contribution in [0, 0.1) is 5.92 Å². The monoisotopic (exact) mass is 206 g/mol. The molecule has 1 aliphatic rings. The average Bonchev–Trinajstić information content (AvgIpc) is 2.78. The molecule has 2 rings (SSSR count). The van der Waals surface area contributed by atoms with Gasteiger partial charge in [0.2, 0.25) is 0 Å². The minimum atomic E-state index is 0.425. The number of aromatic nitrogens is 2. The first-order valence-corrected chi connectivity index (χ1v) is 5.81. The van der Waals surface area contributed by atoms with Crippen LogP contribution in [0.15, 0.2) is 12.4 Å². The molecule has 1 unspecified atom stereocenters. The molecule has 0 aliphatic heterocycles. The first-order valence-electron chi connectivity index (χ1n) is 5.81. The van der Waals surface area contributed by atoms with Gasteiger partial charge in [0.1, 0.15) is 11.6 Å². The molecule has 1 saturated carbocycles. The number of rotatable bonds is 4. The average molecular weight is 206 g/mol. The van der Waals surface area contributed by atoms with Crippen LogP contribution in [-0.4, -0.2) is 15.3 Å². The van der Waals surface area contributed by atoms with E-state index in [9.17, 15) is 4.79 Å². The molecule has 15 heavy (non-hydrogen) atoms. The van der Waals surface area contributed by atoms with Gasteiger partial charge in [0.25, 0.3) is 0 Å². The molecular formula is C12H18N2O. The summed E-state index contributed by atoms with van der Waals surface area (Å²) in [4.78, 5) is 15.5. The molecule has 0 amide bonds. The lowest BCUT2D eigenvalue weighted by atomic mass is 10.0. The van der Waals surface area contributed by atoms with Crippen molar-refractivity contribution in [3.8, 4) is 0 Å². The van der Waals surface area contributed by atoms with E-state index in [0.717, 1.165) is 44.5 Å². The molecule has 1 atom stereocenters. The second kappa shape index (κ2) is 4.60. The first-order chi connectivity index (χ1) is 7.29. The molecule has 0 saturated heterocycles. The predicted molar refractivity (Wildman–Crippen MR) is 58.6 cm³/mol. The molecular weight excluding hydrogens is 188 g/mol. The topological polar surface area (TPSA) is 34.9 Å². The normalized spacial score (nSPS) is 21.1. The summed E-state index contributed by atoms with van der Waals surface area (Å²) in [5.41, 5.74) is 0. The fraction of sp³-hybridized carbons (Fsp3) is 0.667. The van der Waals surface area contributed by atoms with Crippen molar-refractivity contribution >= 4 is 5.78 Å². The molecule has 0 radical (unpaired) electrons. The Balaban J connectivity index is 1.97. The van der Waals surface area contributed by atoms with Gasteiger partial charge in [-0.1, -0.05) is 6.92 Å². The summed E-state index contributed by atoms with van der Waals surface area (Å²) in [6.07, 6.45) is 8.60. The standard InChI is InChI=1S/C12H18N2O/c1-2-6-14-7-5-13-12(14)9-10-3-4-11(15)8-10/h5,7,10H,2-4,6,8-9H2,1H3. The van der Waals surface area contributed by atoms with Gasteiger partial charge in [-0.2, -0.15) is 0 Å². The third-order valence-electron chi connectivity index (χ3n) is 3.09. The van der Waals surface area contributed by atoms with Crippen molar-refractivity contribution in [2.45, 2.75) is 45.6 Å².